The van der Waals surface area contributed by atoms with E-state index in [4.69, 9.17) is 33.7 Å². The van der Waals surface area contributed by atoms with Gasteiger partial charge < -0.3 is 20.5 Å². The van der Waals surface area contributed by atoms with E-state index < -0.39 is 70.5 Å². The molecule has 15 heteroatoms. The number of benzene rings is 3. The van der Waals surface area contributed by atoms with E-state index in [1.54, 1.807) is 18.2 Å². The highest BCUT2D eigenvalue weighted by molar-refractivity contribution is 6.31. The quantitative estimate of drug-likeness (QED) is 0.205. The SMILES string of the molecule is CC(C)(C)C[C@@H]1N[C@H](OC(=O)Nc2ccc(C(N)=O)cc2OC(F)(F)F)[C@H](c2cccc(Cl)c2F)[C@]12C(=O)Nc1cc(Cl)ccc12. The van der Waals surface area contributed by atoms with Crippen molar-refractivity contribution in [2.24, 2.45) is 11.1 Å². The van der Waals surface area contributed by atoms with Crippen LogP contribution in [-0.2, 0) is 14.9 Å². The van der Waals surface area contributed by atoms with Crippen LogP contribution in [0.25, 0.3) is 0 Å². The topological polar surface area (TPSA) is 132 Å². The van der Waals surface area contributed by atoms with Gasteiger partial charge >= 0.3 is 12.5 Å². The Morgan fingerprint density at radius 3 is 2.43 bits per heavy atom. The summed E-state index contributed by atoms with van der Waals surface area (Å²) < 4.78 is 65.1. The molecule has 4 atom stereocenters. The molecular formula is C31H28Cl2F4N4O5. The zero-order valence-corrected chi connectivity index (χ0v) is 26.0. The van der Waals surface area contributed by atoms with E-state index in [0.717, 1.165) is 12.1 Å². The smallest absolute Gasteiger partial charge is 0.429 e. The van der Waals surface area contributed by atoms with E-state index >= 15 is 4.39 Å². The number of anilines is 2. The maximum Gasteiger partial charge on any atom is 0.573 e. The fourth-order valence-electron chi connectivity index (χ4n) is 6.21. The molecule has 5 rings (SSSR count). The van der Waals surface area contributed by atoms with Crippen LogP contribution in [0.3, 0.4) is 0 Å². The Kier molecular flexibility index (Phi) is 8.64. The lowest BCUT2D eigenvalue weighted by molar-refractivity contribution is -0.274. The number of carbonyl (C=O) groups is 3. The van der Waals surface area contributed by atoms with Crippen molar-refractivity contribution >= 4 is 52.5 Å². The van der Waals surface area contributed by atoms with E-state index in [2.05, 4.69) is 20.7 Å². The number of primary amides is 1. The molecule has 1 fully saturated rings. The number of halogens is 6. The molecule has 3 amide bonds. The number of hydrogen-bond donors (Lipinski definition) is 4. The molecule has 3 aromatic carbocycles. The third kappa shape index (κ3) is 6.31. The van der Waals surface area contributed by atoms with Gasteiger partial charge in [0.15, 0.2) is 12.0 Å². The van der Waals surface area contributed by atoms with Crippen LogP contribution < -0.4 is 26.4 Å². The Morgan fingerprint density at radius 1 is 1.07 bits per heavy atom. The first-order valence-corrected chi connectivity index (χ1v) is 14.6. The van der Waals surface area contributed by atoms with Gasteiger partial charge in [-0.25, -0.2) is 9.18 Å². The maximum absolute atomic E-state index is 15.9. The Hall–Kier alpha value is -4.07. The fourth-order valence-corrected chi connectivity index (χ4v) is 6.56. The normalized spacial score (nSPS) is 22.4. The molecule has 3 aromatic rings. The molecule has 0 radical (unpaired) electrons. The molecule has 0 aromatic heterocycles. The molecule has 2 aliphatic rings. The van der Waals surface area contributed by atoms with Crippen molar-refractivity contribution in [2.45, 2.75) is 57.2 Å². The predicted octanol–water partition coefficient (Wildman–Crippen LogP) is 7.09. The van der Waals surface area contributed by atoms with Crippen LogP contribution in [0.4, 0.5) is 33.7 Å². The number of amides is 3. The number of hydrogen-bond acceptors (Lipinski definition) is 6. The Labute approximate surface area is 270 Å². The van der Waals surface area contributed by atoms with Crippen molar-refractivity contribution in [2.75, 3.05) is 10.6 Å². The largest absolute Gasteiger partial charge is 0.573 e. The molecule has 1 saturated heterocycles. The van der Waals surface area contributed by atoms with E-state index in [9.17, 15) is 27.6 Å². The summed E-state index contributed by atoms with van der Waals surface area (Å²) in [5, 5.41) is 8.32. The summed E-state index contributed by atoms with van der Waals surface area (Å²) in [6.45, 7) is 5.81. The predicted molar refractivity (Wildman–Crippen MR) is 162 cm³/mol. The van der Waals surface area contributed by atoms with Crippen molar-refractivity contribution in [3.8, 4) is 5.75 Å². The molecule has 0 aliphatic carbocycles. The maximum atomic E-state index is 15.9. The van der Waals surface area contributed by atoms with E-state index in [1.165, 1.54) is 18.2 Å². The lowest BCUT2D eigenvalue weighted by Crippen LogP contribution is -2.49. The van der Waals surface area contributed by atoms with Gasteiger partial charge in [-0.05, 0) is 59.4 Å². The number of nitrogens with one attached hydrogen (secondary N) is 3. The van der Waals surface area contributed by atoms with Crippen LogP contribution in [0.2, 0.25) is 10.0 Å². The second-order valence-corrected chi connectivity index (χ2v) is 13.0. The van der Waals surface area contributed by atoms with Gasteiger partial charge in [-0.3, -0.25) is 20.2 Å². The standard InChI is InChI=1S/C31H28Cl2F4N4O5/c1-29(2,3)13-22-30(17-9-8-15(32)12-20(17)39-27(30)43)23(16-5-4-6-18(33)24(16)34)26(41-22)45-28(44)40-19-10-7-14(25(38)42)11-21(19)46-31(35,36)37/h4-12,22-23,26,41H,13H2,1-3H3,(H2,38,42)(H,39,43)(H,40,44)/t22-,23-,26+,30+/m0/s1. The van der Waals surface area contributed by atoms with Crippen LogP contribution in [0.15, 0.2) is 54.6 Å². The molecule has 0 saturated carbocycles. The minimum atomic E-state index is -5.18. The van der Waals surface area contributed by atoms with Crippen molar-refractivity contribution in [1.29, 1.82) is 0 Å². The summed E-state index contributed by atoms with van der Waals surface area (Å²) in [5.41, 5.74) is 3.23. The number of nitrogens with two attached hydrogens (primary N) is 1. The van der Waals surface area contributed by atoms with Crippen molar-refractivity contribution in [3.05, 3.63) is 87.2 Å². The number of fused-ring (bicyclic) bond motifs is 2. The van der Waals surface area contributed by atoms with Crippen LogP contribution in [0, 0.1) is 11.2 Å². The summed E-state index contributed by atoms with van der Waals surface area (Å²) in [5.74, 6) is -4.55. The molecule has 5 N–H and O–H groups in total. The third-order valence-electron chi connectivity index (χ3n) is 7.86. The van der Waals surface area contributed by atoms with Crippen LogP contribution in [-0.4, -0.2) is 36.5 Å². The second kappa shape index (κ2) is 11.9. The van der Waals surface area contributed by atoms with E-state index in [0.29, 0.717) is 28.8 Å². The summed E-state index contributed by atoms with van der Waals surface area (Å²) in [7, 11) is 0. The van der Waals surface area contributed by atoms with Gasteiger partial charge in [0.25, 0.3) is 0 Å². The van der Waals surface area contributed by atoms with Gasteiger partial charge in [0.2, 0.25) is 11.8 Å². The van der Waals surface area contributed by atoms with Gasteiger partial charge in [-0.2, -0.15) is 0 Å². The van der Waals surface area contributed by atoms with Crippen LogP contribution >= 0.6 is 23.2 Å². The zero-order valence-electron chi connectivity index (χ0n) is 24.5. The van der Waals surface area contributed by atoms with Crippen LogP contribution in [0.1, 0.15) is 54.6 Å². The van der Waals surface area contributed by atoms with Gasteiger partial charge in [0.05, 0.1) is 16.6 Å². The zero-order chi connectivity index (χ0) is 33.8. The summed E-state index contributed by atoms with van der Waals surface area (Å²) in [6.07, 6.45) is -7.53. The molecule has 244 valence electrons. The molecule has 2 aliphatic heterocycles. The minimum absolute atomic E-state index is 0.0425. The van der Waals surface area contributed by atoms with Gasteiger partial charge in [0, 0.05) is 22.3 Å². The summed E-state index contributed by atoms with van der Waals surface area (Å²) in [6, 6.07) is 11.0. The minimum Gasteiger partial charge on any atom is -0.429 e. The number of ether oxygens (including phenoxy) is 2. The Morgan fingerprint density at radius 2 is 1.78 bits per heavy atom. The van der Waals surface area contributed by atoms with Crippen LogP contribution in [0.5, 0.6) is 5.75 Å². The Bertz CT molecular complexity index is 1730. The van der Waals surface area contributed by atoms with Gasteiger partial charge in [0.1, 0.15) is 11.2 Å². The molecule has 0 bridgehead atoms. The van der Waals surface area contributed by atoms with E-state index in [-0.39, 0.29) is 16.1 Å². The molecular weight excluding hydrogens is 655 g/mol. The number of alkyl halides is 3. The molecule has 46 heavy (non-hydrogen) atoms. The third-order valence-corrected chi connectivity index (χ3v) is 8.38. The monoisotopic (exact) mass is 682 g/mol. The lowest BCUT2D eigenvalue weighted by atomic mass is 9.63. The summed E-state index contributed by atoms with van der Waals surface area (Å²) >= 11 is 12.4. The fraction of sp³-hybridized carbons (Fsp3) is 0.323. The molecule has 2 heterocycles. The highest BCUT2D eigenvalue weighted by Gasteiger charge is 2.66. The second-order valence-electron chi connectivity index (χ2n) is 12.2. The van der Waals surface area contributed by atoms with Crippen molar-refractivity contribution < 1.29 is 41.4 Å². The first-order valence-electron chi connectivity index (χ1n) is 13.9. The van der Waals surface area contributed by atoms with Crippen molar-refractivity contribution in [1.82, 2.24) is 5.32 Å². The average molecular weight is 683 g/mol. The lowest BCUT2D eigenvalue weighted by Gasteiger charge is -2.37. The van der Waals surface area contributed by atoms with Gasteiger partial charge in [-0.15, -0.1) is 13.2 Å². The van der Waals surface area contributed by atoms with Gasteiger partial charge in [-0.1, -0.05) is 62.2 Å². The highest BCUT2D eigenvalue weighted by atomic mass is 35.5. The average Bonchev–Trinajstić information content (AvgIpc) is 3.38. The van der Waals surface area contributed by atoms with E-state index in [1.807, 2.05) is 20.8 Å². The molecule has 0 unspecified atom stereocenters. The molecule has 1 spiro atoms. The summed E-state index contributed by atoms with van der Waals surface area (Å²) in [4.78, 5) is 39.1. The van der Waals surface area contributed by atoms with Crippen molar-refractivity contribution in [3.63, 3.8) is 0 Å². The number of rotatable bonds is 6. The highest BCUT2D eigenvalue weighted by Crippen LogP contribution is 2.57. The first-order chi connectivity index (χ1) is 21.4. The number of carbonyl (C=O) groups excluding carboxylic acids is 3. The molecule has 9 nitrogen and oxygen atoms in total. The first kappa shape index (κ1) is 33.3. The Balaban J connectivity index is 1.61.